The largest absolute Gasteiger partial charge is 0.490 e. The Morgan fingerprint density at radius 2 is 1.77 bits per heavy atom. The van der Waals surface area contributed by atoms with E-state index in [0.29, 0.717) is 16.3 Å². The normalized spacial score (nSPS) is 10.6. The first-order valence-electron chi connectivity index (χ1n) is 9.28. The van der Waals surface area contributed by atoms with Crippen molar-refractivity contribution in [1.29, 1.82) is 0 Å². The first kappa shape index (κ1) is 26.0. The summed E-state index contributed by atoms with van der Waals surface area (Å²) in [6.45, 7) is 5.66. The number of thiophene rings is 1. The Labute approximate surface area is 181 Å². The van der Waals surface area contributed by atoms with Crippen molar-refractivity contribution >= 4 is 40.6 Å². The van der Waals surface area contributed by atoms with Crippen LogP contribution in [0, 0.1) is 0 Å². The summed E-state index contributed by atoms with van der Waals surface area (Å²) in [5.74, 6) is -3.98. The number of alkyl halides is 3. The van der Waals surface area contributed by atoms with Crippen molar-refractivity contribution in [3.63, 3.8) is 0 Å². The summed E-state index contributed by atoms with van der Waals surface area (Å²) in [6.07, 6.45) is -3.03. The van der Waals surface area contributed by atoms with Crippen molar-refractivity contribution in [3.05, 3.63) is 46.2 Å². The van der Waals surface area contributed by atoms with Crippen LogP contribution < -0.4 is 10.2 Å². The average Bonchev–Trinajstić information content (AvgIpc) is 3.24. The van der Waals surface area contributed by atoms with Gasteiger partial charge in [-0.2, -0.15) is 13.2 Å². The lowest BCUT2D eigenvalue weighted by Gasteiger charge is -2.25. The topological polar surface area (TPSA) is 107 Å². The van der Waals surface area contributed by atoms with Crippen molar-refractivity contribution in [3.8, 4) is 0 Å². The molecule has 0 aliphatic carbocycles. The summed E-state index contributed by atoms with van der Waals surface area (Å²) in [6, 6.07) is 8.58. The van der Waals surface area contributed by atoms with Crippen LogP contribution >= 0.6 is 11.3 Å². The molecule has 0 fully saturated rings. The van der Waals surface area contributed by atoms with E-state index < -0.39 is 18.1 Å². The number of nitrogens with one attached hydrogen (secondary N) is 1. The second kappa shape index (κ2) is 11.9. The first-order valence-corrected chi connectivity index (χ1v) is 10.2. The van der Waals surface area contributed by atoms with Gasteiger partial charge in [-0.25, -0.2) is 9.59 Å². The monoisotopic (exact) mass is 460 g/mol. The van der Waals surface area contributed by atoms with Crippen molar-refractivity contribution in [2.45, 2.75) is 32.9 Å². The Morgan fingerprint density at radius 1 is 1.13 bits per heavy atom. The van der Waals surface area contributed by atoms with Gasteiger partial charge in [-0.15, -0.1) is 11.3 Å². The fourth-order valence-electron chi connectivity index (χ4n) is 2.46. The molecule has 3 N–H and O–H groups in total. The number of carbonyl (C=O) groups excluding carboxylic acids is 1. The van der Waals surface area contributed by atoms with Crippen LogP contribution in [0.25, 0.3) is 0 Å². The van der Waals surface area contributed by atoms with Crippen LogP contribution in [0.4, 0.5) is 24.5 Å². The maximum atomic E-state index is 12.1. The lowest BCUT2D eigenvalue weighted by Crippen LogP contribution is -2.26. The van der Waals surface area contributed by atoms with Gasteiger partial charge in [0, 0.05) is 18.8 Å². The van der Waals surface area contributed by atoms with Crippen molar-refractivity contribution in [2.75, 3.05) is 23.3 Å². The van der Waals surface area contributed by atoms with Gasteiger partial charge in [-0.05, 0) is 43.0 Å². The third-order valence-electron chi connectivity index (χ3n) is 3.98. The van der Waals surface area contributed by atoms with Gasteiger partial charge in [-0.1, -0.05) is 19.4 Å². The Balaban J connectivity index is 0.000000592. The van der Waals surface area contributed by atoms with Crippen LogP contribution in [0.1, 0.15) is 46.7 Å². The van der Waals surface area contributed by atoms with Gasteiger partial charge in [0.25, 0.3) is 5.91 Å². The molecule has 0 atom stereocenters. The number of halogens is 3. The molecule has 0 radical (unpaired) electrons. The molecule has 1 aromatic carbocycles. The maximum absolute atomic E-state index is 12.1. The van der Waals surface area contributed by atoms with Crippen molar-refractivity contribution in [2.24, 2.45) is 0 Å². The standard InChI is InChI=1S/C18H22N2O3S.C2HF3O2/c1-3-5-10-20(4-2)15-9-8-13(12-14(15)18(22)23)19-17(21)16-7-6-11-24-16;3-2(4,5)1(6)7/h6-9,11-12H,3-5,10H2,1-2H3,(H,19,21)(H,22,23);(H,6,7). The molecule has 0 saturated carbocycles. The van der Waals surface area contributed by atoms with Gasteiger partial charge >= 0.3 is 18.1 Å². The van der Waals surface area contributed by atoms with E-state index in [-0.39, 0.29) is 11.5 Å². The average molecular weight is 460 g/mol. The first-order chi connectivity index (χ1) is 14.5. The summed E-state index contributed by atoms with van der Waals surface area (Å²) in [7, 11) is 0. The lowest BCUT2D eigenvalue weighted by atomic mass is 10.1. The molecule has 31 heavy (non-hydrogen) atoms. The number of carboxylic acids is 2. The molecule has 0 aliphatic rings. The van der Waals surface area contributed by atoms with Gasteiger partial charge < -0.3 is 20.4 Å². The zero-order valence-corrected chi connectivity index (χ0v) is 17.7. The van der Waals surface area contributed by atoms with E-state index in [0.717, 1.165) is 25.9 Å². The van der Waals surface area contributed by atoms with Crippen LogP contribution in [0.15, 0.2) is 35.7 Å². The second-order valence-corrected chi connectivity index (χ2v) is 7.15. The molecule has 0 unspecified atom stereocenters. The number of anilines is 2. The summed E-state index contributed by atoms with van der Waals surface area (Å²) >= 11 is 1.34. The van der Waals surface area contributed by atoms with Gasteiger partial charge in [0.2, 0.25) is 0 Å². The van der Waals surface area contributed by atoms with Crippen LogP contribution in [0.2, 0.25) is 0 Å². The summed E-state index contributed by atoms with van der Waals surface area (Å²) in [4.78, 5) is 35.3. The summed E-state index contributed by atoms with van der Waals surface area (Å²) in [5, 5.41) is 21.2. The van der Waals surface area contributed by atoms with E-state index in [1.165, 1.54) is 17.4 Å². The van der Waals surface area contributed by atoms with Crippen molar-refractivity contribution in [1.82, 2.24) is 0 Å². The number of benzene rings is 1. The zero-order valence-electron chi connectivity index (χ0n) is 16.9. The highest BCUT2D eigenvalue weighted by molar-refractivity contribution is 7.12. The number of rotatable bonds is 8. The molecule has 170 valence electrons. The van der Waals surface area contributed by atoms with Crippen molar-refractivity contribution < 1.29 is 37.8 Å². The minimum atomic E-state index is -5.08. The lowest BCUT2D eigenvalue weighted by molar-refractivity contribution is -0.192. The molecule has 0 saturated heterocycles. The molecule has 1 aromatic heterocycles. The number of aromatic carboxylic acids is 1. The van der Waals surface area contributed by atoms with Gasteiger partial charge in [-0.3, -0.25) is 4.79 Å². The smallest absolute Gasteiger partial charge is 0.478 e. The molecule has 11 heteroatoms. The highest BCUT2D eigenvalue weighted by Crippen LogP contribution is 2.25. The molecule has 1 heterocycles. The molecular weight excluding hydrogens is 437 g/mol. The van der Waals surface area contributed by atoms with E-state index in [2.05, 4.69) is 17.1 Å². The predicted molar refractivity (Wildman–Crippen MR) is 112 cm³/mol. The third-order valence-corrected chi connectivity index (χ3v) is 4.84. The number of amides is 1. The molecule has 0 aliphatic heterocycles. The molecular formula is C20H23F3N2O5S. The summed E-state index contributed by atoms with van der Waals surface area (Å²) < 4.78 is 31.7. The maximum Gasteiger partial charge on any atom is 0.490 e. The van der Waals surface area contributed by atoms with Crippen LogP contribution in [-0.4, -0.2) is 47.3 Å². The molecule has 2 aromatic rings. The molecule has 0 spiro atoms. The fourth-order valence-corrected chi connectivity index (χ4v) is 3.08. The number of hydrogen-bond acceptors (Lipinski definition) is 5. The minimum absolute atomic E-state index is 0.205. The summed E-state index contributed by atoms with van der Waals surface area (Å²) in [5.41, 5.74) is 1.38. The molecule has 0 bridgehead atoms. The molecule has 2 rings (SSSR count). The van der Waals surface area contributed by atoms with E-state index in [9.17, 15) is 27.9 Å². The number of carboxylic acid groups (broad SMARTS) is 2. The number of nitrogens with zero attached hydrogens (tertiary/aromatic N) is 1. The number of unbranched alkanes of at least 4 members (excludes halogenated alkanes) is 1. The highest BCUT2D eigenvalue weighted by Gasteiger charge is 2.38. The Hall–Kier alpha value is -3.08. The molecule has 7 nitrogen and oxygen atoms in total. The minimum Gasteiger partial charge on any atom is -0.478 e. The SMILES string of the molecule is CCCCN(CC)c1ccc(NC(=O)c2cccs2)cc1C(=O)O.O=C(O)C(F)(F)F. The van der Waals surface area contributed by atoms with E-state index >= 15 is 0 Å². The van der Waals surface area contributed by atoms with Gasteiger partial charge in [0.05, 0.1) is 16.1 Å². The molecule has 1 amide bonds. The van der Waals surface area contributed by atoms with Crippen LogP contribution in [0.3, 0.4) is 0 Å². The predicted octanol–water partition coefficient (Wildman–Crippen LogP) is 4.96. The number of hydrogen-bond donors (Lipinski definition) is 3. The number of aliphatic carboxylic acids is 1. The highest BCUT2D eigenvalue weighted by atomic mass is 32.1. The van der Waals surface area contributed by atoms with Gasteiger partial charge in [0.15, 0.2) is 0 Å². The quantitative estimate of drug-likeness (QED) is 0.514. The van der Waals surface area contributed by atoms with Crippen LogP contribution in [0.5, 0.6) is 0 Å². The third kappa shape index (κ3) is 8.28. The zero-order chi connectivity index (χ0) is 23.6. The Kier molecular flexibility index (Phi) is 10.00. The number of carbonyl (C=O) groups is 3. The van der Waals surface area contributed by atoms with E-state index in [1.807, 2.05) is 12.3 Å². The van der Waals surface area contributed by atoms with E-state index in [1.54, 1.807) is 24.3 Å². The fraction of sp³-hybridized carbons (Fsp3) is 0.350. The Bertz CT molecular complexity index is 885. The van der Waals surface area contributed by atoms with Crippen LogP contribution in [-0.2, 0) is 4.79 Å². The Morgan fingerprint density at radius 3 is 2.23 bits per heavy atom. The van der Waals surface area contributed by atoms with E-state index in [4.69, 9.17) is 9.90 Å². The van der Waals surface area contributed by atoms with Gasteiger partial charge in [0.1, 0.15) is 0 Å². The second-order valence-electron chi connectivity index (χ2n) is 6.20.